The third-order valence-electron chi connectivity index (χ3n) is 1.91. The number of nitrogens with one attached hydrogen (secondary N) is 1. The van der Waals surface area contributed by atoms with Crippen LogP contribution in [0.3, 0.4) is 0 Å². The standard InChI is InChI=1S/C11H12ClF3N2S/c1-2-4-18-5-3-16-10-7-8(11(13,14)15)6-9(12)17-10/h2,6-7H,1,3-5H2,(H,16,17). The Morgan fingerprint density at radius 3 is 2.78 bits per heavy atom. The second-order valence-electron chi connectivity index (χ2n) is 3.35. The van der Waals surface area contributed by atoms with Gasteiger partial charge in [0.15, 0.2) is 0 Å². The quantitative estimate of drug-likeness (QED) is 0.486. The Morgan fingerprint density at radius 2 is 2.17 bits per heavy atom. The average Bonchev–Trinajstić information content (AvgIpc) is 2.27. The molecule has 1 aromatic rings. The molecule has 0 unspecified atom stereocenters. The van der Waals surface area contributed by atoms with Crippen LogP contribution in [0, 0.1) is 0 Å². The number of hydrogen-bond acceptors (Lipinski definition) is 3. The first-order valence-corrected chi connectivity index (χ1v) is 6.64. The second-order valence-corrected chi connectivity index (χ2v) is 4.89. The summed E-state index contributed by atoms with van der Waals surface area (Å²) in [4.78, 5) is 3.79. The number of rotatable bonds is 6. The number of nitrogens with zero attached hydrogens (tertiary/aromatic N) is 1. The molecule has 0 bridgehead atoms. The highest BCUT2D eigenvalue weighted by Gasteiger charge is 2.31. The summed E-state index contributed by atoms with van der Waals surface area (Å²) in [7, 11) is 0. The fourth-order valence-corrected chi connectivity index (χ4v) is 1.96. The van der Waals surface area contributed by atoms with Gasteiger partial charge in [0.2, 0.25) is 0 Å². The van der Waals surface area contributed by atoms with Crippen LogP contribution in [0.25, 0.3) is 0 Å². The number of pyridine rings is 1. The SMILES string of the molecule is C=CCSCCNc1cc(C(F)(F)F)cc(Cl)n1. The number of hydrogen-bond donors (Lipinski definition) is 1. The first-order valence-electron chi connectivity index (χ1n) is 5.11. The third kappa shape index (κ3) is 5.18. The molecule has 0 atom stereocenters. The van der Waals surface area contributed by atoms with E-state index in [0.29, 0.717) is 6.54 Å². The number of anilines is 1. The van der Waals surface area contributed by atoms with Gasteiger partial charge in [-0.1, -0.05) is 17.7 Å². The van der Waals surface area contributed by atoms with Gasteiger partial charge in [-0.25, -0.2) is 4.98 Å². The van der Waals surface area contributed by atoms with E-state index >= 15 is 0 Å². The van der Waals surface area contributed by atoms with Crippen molar-refractivity contribution in [1.29, 1.82) is 0 Å². The lowest BCUT2D eigenvalue weighted by Crippen LogP contribution is -2.10. The summed E-state index contributed by atoms with van der Waals surface area (Å²) in [5.41, 5.74) is -0.802. The lowest BCUT2D eigenvalue weighted by atomic mass is 10.2. The zero-order valence-electron chi connectivity index (χ0n) is 9.43. The van der Waals surface area contributed by atoms with Gasteiger partial charge in [-0.15, -0.1) is 6.58 Å². The topological polar surface area (TPSA) is 24.9 Å². The molecule has 7 heteroatoms. The monoisotopic (exact) mass is 296 g/mol. The Balaban J connectivity index is 2.60. The summed E-state index contributed by atoms with van der Waals surface area (Å²) >= 11 is 7.17. The lowest BCUT2D eigenvalue weighted by Gasteiger charge is -2.10. The minimum atomic E-state index is -4.42. The van der Waals surface area contributed by atoms with Gasteiger partial charge in [0.05, 0.1) is 5.56 Å². The fourth-order valence-electron chi connectivity index (χ4n) is 1.17. The van der Waals surface area contributed by atoms with Crippen LogP contribution in [-0.2, 0) is 6.18 Å². The van der Waals surface area contributed by atoms with Gasteiger partial charge in [-0.3, -0.25) is 0 Å². The number of thioether (sulfide) groups is 1. The summed E-state index contributed by atoms with van der Waals surface area (Å²) in [6, 6.07) is 1.75. The van der Waals surface area contributed by atoms with E-state index in [1.807, 2.05) is 0 Å². The minimum absolute atomic E-state index is 0.133. The maximum Gasteiger partial charge on any atom is 0.416 e. The molecule has 2 nitrogen and oxygen atoms in total. The molecule has 0 aliphatic heterocycles. The number of halogens is 4. The summed E-state index contributed by atoms with van der Waals surface area (Å²) in [6.45, 7) is 4.09. The molecule has 0 spiro atoms. The molecule has 0 amide bonds. The van der Waals surface area contributed by atoms with E-state index in [0.717, 1.165) is 23.6 Å². The normalized spacial score (nSPS) is 11.3. The molecule has 0 aromatic carbocycles. The highest BCUT2D eigenvalue weighted by atomic mass is 35.5. The maximum absolute atomic E-state index is 12.5. The van der Waals surface area contributed by atoms with E-state index in [-0.39, 0.29) is 11.0 Å². The Hall–Kier alpha value is -0.880. The van der Waals surface area contributed by atoms with E-state index in [2.05, 4.69) is 16.9 Å². The molecule has 100 valence electrons. The van der Waals surface area contributed by atoms with Crippen LogP contribution in [0.2, 0.25) is 5.15 Å². The van der Waals surface area contributed by atoms with Crippen molar-refractivity contribution in [2.24, 2.45) is 0 Å². The minimum Gasteiger partial charge on any atom is -0.369 e. The van der Waals surface area contributed by atoms with Crippen LogP contribution >= 0.6 is 23.4 Å². The van der Waals surface area contributed by atoms with E-state index in [4.69, 9.17) is 11.6 Å². The van der Waals surface area contributed by atoms with E-state index in [9.17, 15) is 13.2 Å². The smallest absolute Gasteiger partial charge is 0.369 e. The van der Waals surface area contributed by atoms with Gasteiger partial charge in [-0.05, 0) is 12.1 Å². The summed E-state index contributed by atoms with van der Waals surface area (Å²) < 4.78 is 37.5. The molecule has 1 heterocycles. The van der Waals surface area contributed by atoms with Crippen LogP contribution in [0.5, 0.6) is 0 Å². The van der Waals surface area contributed by atoms with E-state index in [1.54, 1.807) is 17.8 Å². The van der Waals surface area contributed by atoms with Crippen LogP contribution in [-0.4, -0.2) is 23.0 Å². The number of alkyl halides is 3. The molecule has 18 heavy (non-hydrogen) atoms. The van der Waals surface area contributed by atoms with Gasteiger partial charge in [0.1, 0.15) is 11.0 Å². The van der Waals surface area contributed by atoms with Crippen molar-refractivity contribution >= 4 is 29.2 Å². The lowest BCUT2D eigenvalue weighted by molar-refractivity contribution is -0.137. The fraction of sp³-hybridized carbons (Fsp3) is 0.364. The van der Waals surface area contributed by atoms with Crippen molar-refractivity contribution in [3.63, 3.8) is 0 Å². The van der Waals surface area contributed by atoms with Gasteiger partial charge in [-0.2, -0.15) is 24.9 Å². The van der Waals surface area contributed by atoms with Gasteiger partial charge in [0, 0.05) is 18.1 Å². The highest BCUT2D eigenvalue weighted by Crippen LogP contribution is 2.31. The van der Waals surface area contributed by atoms with Crippen molar-refractivity contribution in [3.05, 3.63) is 35.5 Å². The van der Waals surface area contributed by atoms with Crippen LogP contribution < -0.4 is 5.32 Å². The summed E-state index contributed by atoms with van der Waals surface area (Å²) in [6.07, 6.45) is -2.65. The van der Waals surface area contributed by atoms with Crippen molar-refractivity contribution in [1.82, 2.24) is 4.98 Å². The third-order valence-corrected chi connectivity index (χ3v) is 3.07. The molecule has 1 rings (SSSR count). The largest absolute Gasteiger partial charge is 0.416 e. The molecule has 0 aliphatic carbocycles. The van der Waals surface area contributed by atoms with Crippen LogP contribution in [0.1, 0.15) is 5.56 Å². The Morgan fingerprint density at radius 1 is 1.44 bits per heavy atom. The molecular formula is C11H12ClF3N2S. The molecule has 1 aromatic heterocycles. The molecular weight excluding hydrogens is 285 g/mol. The summed E-state index contributed by atoms with van der Waals surface area (Å²) in [5.74, 6) is 1.69. The average molecular weight is 297 g/mol. The van der Waals surface area contributed by atoms with E-state index < -0.39 is 11.7 Å². The second kappa shape index (κ2) is 6.89. The molecule has 1 N–H and O–H groups in total. The highest BCUT2D eigenvalue weighted by molar-refractivity contribution is 7.99. The molecule has 0 saturated carbocycles. The van der Waals surface area contributed by atoms with Crippen molar-refractivity contribution in [2.75, 3.05) is 23.4 Å². The first-order chi connectivity index (χ1) is 8.43. The Labute approximate surface area is 113 Å². The molecule has 0 aliphatic rings. The van der Waals surface area contributed by atoms with Gasteiger partial charge in [0.25, 0.3) is 0 Å². The molecule has 0 radical (unpaired) electrons. The van der Waals surface area contributed by atoms with E-state index in [1.165, 1.54) is 0 Å². The zero-order valence-corrected chi connectivity index (χ0v) is 11.0. The molecule has 0 saturated heterocycles. The summed E-state index contributed by atoms with van der Waals surface area (Å²) in [5, 5.41) is 2.63. The van der Waals surface area contributed by atoms with Gasteiger partial charge >= 0.3 is 6.18 Å². The predicted octanol–water partition coefficient (Wildman–Crippen LogP) is 4.08. The first kappa shape index (κ1) is 15.2. The Bertz CT molecular complexity index is 410. The predicted molar refractivity (Wildman–Crippen MR) is 70.3 cm³/mol. The maximum atomic E-state index is 12.5. The number of aromatic nitrogens is 1. The van der Waals surface area contributed by atoms with Gasteiger partial charge < -0.3 is 5.32 Å². The molecule has 0 fully saturated rings. The van der Waals surface area contributed by atoms with Crippen molar-refractivity contribution in [2.45, 2.75) is 6.18 Å². The van der Waals surface area contributed by atoms with Crippen molar-refractivity contribution in [3.8, 4) is 0 Å². The van der Waals surface area contributed by atoms with Crippen LogP contribution in [0.15, 0.2) is 24.8 Å². The zero-order chi connectivity index (χ0) is 13.6. The van der Waals surface area contributed by atoms with Crippen LogP contribution in [0.4, 0.5) is 19.0 Å². The van der Waals surface area contributed by atoms with Crippen molar-refractivity contribution < 1.29 is 13.2 Å². The Kier molecular flexibility index (Phi) is 5.81.